The van der Waals surface area contributed by atoms with Crippen LogP contribution in [0.4, 0.5) is 0 Å². The van der Waals surface area contributed by atoms with Gasteiger partial charge in [-0.05, 0) is 17.8 Å². The molecule has 1 aliphatic rings. The van der Waals surface area contributed by atoms with Gasteiger partial charge in [-0.3, -0.25) is 4.79 Å². The minimum absolute atomic E-state index is 0.0302. The van der Waals surface area contributed by atoms with Gasteiger partial charge in [-0.1, -0.05) is 34.6 Å². The molecule has 0 saturated carbocycles. The van der Waals surface area contributed by atoms with Crippen molar-refractivity contribution >= 4 is 5.97 Å². The van der Waals surface area contributed by atoms with Crippen molar-refractivity contribution in [3.63, 3.8) is 0 Å². The summed E-state index contributed by atoms with van der Waals surface area (Å²) in [6, 6.07) is 0. The monoisotopic (exact) mass is 242 g/mol. The fraction of sp³-hybridized carbons (Fsp3) is 0.929. The number of hydrogen-bond donors (Lipinski definition) is 0. The summed E-state index contributed by atoms with van der Waals surface area (Å²) in [6.07, 6.45) is 0.851. The maximum Gasteiger partial charge on any atom is 0.312 e. The average molecular weight is 242 g/mol. The molecule has 100 valence electrons. The summed E-state index contributed by atoms with van der Waals surface area (Å²) in [5.74, 6) is 0.554. The standard InChI is InChI=1S/C14H26O3/c1-9(2)10-8-17-13(15)12(10)11(16-6)7-14(3,4)5/h9-12H,7-8H2,1-6H3. The average Bonchev–Trinajstić information content (AvgIpc) is 2.55. The highest BCUT2D eigenvalue weighted by Gasteiger charge is 2.44. The van der Waals surface area contributed by atoms with Crippen LogP contribution in [0.25, 0.3) is 0 Å². The van der Waals surface area contributed by atoms with Crippen molar-refractivity contribution < 1.29 is 14.3 Å². The van der Waals surface area contributed by atoms with E-state index in [2.05, 4.69) is 34.6 Å². The summed E-state index contributed by atoms with van der Waals surface area (Å²) >= 11 is 0. The highest BCUT2D eigenvalue weighted by molar-refractivity contribution is 5.75. The number of hydrogen-bond acceptors (Lipinski definition) is 3. The van der Waals surface area contributed by atoms with Crippen molar-refractivity contribution in [1.82, 2.24) is 0 Å². The van der Waals surface area contributed by atoms with E-state index in [1.165, 1.54) is 0 Å². The van der Waals surface area contributed by atoms with Crippen LogP contribution in [0.15, 0.2) is 0 Å². The molecule has 1 rings (SSSR count). The number of rotatable bonds is 4. The van der Waals surface area contributed by atoms with Gasteiger partial charge < -0.3 is 9.47 Å². The van der Waals surface area contributed by atoms with Gasteiger partial charge in [0, 0.05) is 13.0 Å². The number of carbonyl (C=O) groups excluding carboxylic acids is 1. The first-order chi connectivity index (χ1) is 7.76. The summed E-state index contributed by atoms with van der Waals surface area (Å²) in [5.41, 5.74) is 0.158. The van der Waals surface area contributed by atoms with Gasteiger partial charge in [0.1, 0.15) is 0 Å². The molecule has 0 bridgehead atoms. The first-order valence-electron chi connectivity index (χ1n) is 6.45. The van der Waals surface area contributed by atoms with Crippen molar-refractivity contribution in [3.05, 3.63) is 0 Å². The molecule has 3 heteroatoms. The molecule has 0 amide bonds. The van der Waals surface area contributed by atoms with Gasteiger partial charge in [-0.2, -0.15) is 0 Å². The highest BCUT2D eigenvalue weighted by atomic mass is 16.5. The van der Waals surface area contributed by atoms with Crippen molar-refractivity contribution in [2.45, 2.75) is 47.1 Å². The predicted molar refractivity (Wildman–Crippen MR) is 67.6 cm³/mol. The van der Waals surface area contributed by atoms with Crippen LogP contribution in [0.1, 0.15) is 41.0 Å². The van der Waals surface area contributed by atoms with Crippen LogP contribution in [-0.2, 0) is 14.3 Å². The highest BCUT2D eigenvalue weighted by Crippen LogP contribution is 2.36. The van der Waals surface area contributed by atoms with Gasteiger partial charge in [0.15, 0.2) is 0 Å². The Labute approximate surface area is 105 Å². The third-order valence-corrected chi connectivity index (χ3v) is 3.52. The van der Waals surface area contributed by atoms with Crippen molar-refractivity contribution in [3.8, 4) is 0 Å². The van der Waals surface area contributed by atoms with Gasteiger partial charge in [0.05, 0.1) is 18.6 Å². The molecule has 0 aromatic carbocycles. The first-order valence-corrected chi connectivity index (χ1v) is 6.45. The molecule has 1 fully saturated rings. The third kappa shape index (κ3) is 3.70. The Morgan fingerprint density at radius 2 is 2.00 bits per heavy atom. The Morgan fingerprint density at radius 3 is 2.41 bits per heavy atom. The van der Waals surface area contributed by atoms with E-state index in [9.17, 15) is 4.79 Å². The minimum Gasteiger partial charge on any atom is -0.465 e. The fourth-order valence-corrected chi connectivity index (χ4v) is 2.55. The fourth-order valence-electron chi connectivity index (χ4n) is 2.55. The van der Waals surface area contributed by atoms with Crippen molar-refractivity contribution in [1.29, 1.82) is 0 Å². The Kier molecular flexibility index (Phi) is 4.59. The molecule has 0 aromatic heterocycles. The Morgan fingerprint density at radius 1 is 1.41 bits per heavy atom. The Balaban J connectivity index is 2.81. The Bertz CT molecular complexity index is 265. The van der Waals surface area contributed by atoms with Gasteiger partial charge in [0.25, 0.3) is 0 Å². The zero-order chi connectivity index (χ0) is 13.2. The van der Waals surface area contributed by atoms with Crippen LogP contribution in [0.3, 0.4) is 0 Å². The first kappa shape index (κ1) is 14.5. The molecule has 17 heavy (non-hydrogen) atoms. The molecule has 0 N–H and O–H groups in total. The summed E-state index contributed by atoms with van der Waals surface area (Å²) in [4.78, 5) is 11.9. The number of methoxy groups -OCH3 is 1. The maximum absolute atomic E-state index is 11.9. The lowest BCUT2D eigenvalue weighted by atomic mass is 9.77. The van der Waals surface area contributed by atoms with Crippen LogP contribution in [0.5, 0.6) is 0 Å². The maximum atomic E-state index is 11.9. The van der Waals surface area contributed by atoms with E-state index in [1.807, 2.05) is 0 Å². The SMILES string of the molecule is COC(CC(C)(C)C)C1C(=O)OCC1C(C)C. The molecule has 0 aromatic rings. The normalized spacial score (nSPS) is 27.4. The van der Waals surface area contributed by atoms with E-state index >= 15 is 0 Å². The Hall–Kier alpha value is -0.570. The molecule has 3 nitrogen and oxygen atoms in total. The molecule has 1 heterocycles. The second-order valence-electron chi connectivity index (χ2n) is 6.60. The topological polar surface area (TPSA) is 35.5 Å². The third-order valence-electron chi connectivity index (χ3n) is 3.52. The molecule has 1 aliphatic heterocycles. The molecule has 1 saturated heterocycles. The molecule has 0 spiro atoms. The zero-order valence-corrected chi connectivity index (χ0v) is 11.9. The van der Waals surface area contributed by atoms with E-state index in [0.29, 0.717) is 12.5 Å². The van der Waals surface area contributed by atoms with E-state index in [4.69, 9.17) is 9.47 Å². The van der Waals surface area contributed by atoms with Crippen molar-refractivity contribution in [2.24, 2.45) is 23.2 Å². The zero-order valence-electron chi connectivity index (χ0n) is 11.9. The van der Waals surface area contributed by atoms with E-state index in [-0.39, 0.29) is 29.3 Å². The van der Waals surface area contributed by atoms with Crippen LogP contribution >= 0.6 is 0 Å². The largest absolute Gasteiger partial charge is 0.465 e. The van der Waals surface area contributed by atoms with Gasteiger partial charge >= 0.3 is 5.97 Å². The molecule has 0 aliphatic carbocycles. The van der Waals surface area contributed by atoms with E-state index in [1.54, 1.807) is 7.11 Å². The minimum atomic E-state index is -0.0979. The number of esters is 1. The van der Waals surface area contributed by atoms with E-state index in [0.717, 1.165) is 6.42 Å². The smallest absolute Gasteiger partial charge is 0.312 e. The molecule has 3 atom stereocenters. The number of cyclic esters (lactones) is 1. The molecule has 0 radical (unpaired) electrons. The van der Waals surface area contributed by atoms with Crippen molar-refractivity contribution in [2.75, 3.05) is 13.7 Å². The van der Waals surface area contributed by atoms with Crippen LogP contribution in [-0.4, -0.2) is 25.8 Å². The van der Waals surface area contributed by atoms with Gasteiger partial charge in [-0.15, -0.1) is 0 Å². The molecular weight excluding hydrogens is 216 g/mol. The second-order valence-corrected chi connectivity index (χ2v) is 6.60. The lowest BCUT2D eigenvalue weighted by Gasteiger charge is -2.31. The second kappa shape index (κ2) is 5.38. The van der Waals surface area contributed by atoms with Gasteiger partial charge in [-0.25, -0.2) is 0 Å². The van der Waals surface area contributed by atoms with Crippen LogP contribution in [0, 0.1) is 23.2 Å². The predicted octanol–water partition coefficient (Wildman–Crippen LogP) is 2.88. The summed E-state index contributed by atoms with van der Waals surface area (Å²) in [5, 5.41) is 0. The summed E-state index contributed by atoms with van der Waals surface area (Å²) < 4.78 is 10.8. The summed E-state index contributed by atoms with van der Waals surface area (Å²) in [7, 11) is 1.69. The summed E-state index contributed by atoms with van der Waals surface area (Å²) in [6.45, 7) is 11.3. The quantitative estimate of drug-likeness (QED) is 0.711. The number of ether oxygens (including phenoxy) is 2. The molecule has 3 unspecified atom stereocenters. The van der Waals surface area contributed by atoms with Gasteiger partial charge in [0.2, 0.25) is 0 Å². The van der Waals surface area contributed by atoms with Crippen LogP contribution in [0.2, 0.25) is 0 Å². The lowest BCUT2D eigenvalue weighted by molar-refractivity contribution is -0.145. The number of carbonyl (C=O) groups is 1. The molecular formula is C14H26O3. The van der Waals surface area contributed by atoms with E-state index < -0.39 is 0 Å². The van der Waals surface area contributed by atoms with Crippen LogP contribution < -0.4 is 0 Å². The lowest BCUT2D eigenvalue weighted by Crippen LogP contribution is -2.36.